The lowest BCUT2D eigenvalue weighted by Gasteiger charge is -2.34. The largest absolute Gasteiger partial charge is 0.484 e. The number of rotatable bonds is 6. The number of urea groups is 1. The predicted molar refractivity (Wildman–Crippen MR) is 91.6 cm³/mol. The molecule has 1 aromatic rings. The molecule has 2 rings (SSSR count). The summed E-state index contributed by atoms with van der Waals surface area (Å²) in [5.74, 6) is -1.25. The second-order valence-electron chi connectivity index (χ2n) is 6.81. The maximum Gasteiger partial charge on any atom is 0.422 e. The molecule has 27 heavy (non-hydrogen) atoms. The minimum absolute atomic E-state index is 0.105. The lowest BCUT2D eigenvalue weighted by molar-refractivity contribution is -0.153. The topological polar surface area (TPSA) is 78.9 Å². The SMILES string of the molecule is CC1CC(C(=O)O)CN(C(=O)NCCc2cccc(OCC(F)(F)F)c2)C1. The van der Waals surface area contributed by atoms with Crippen LogP contribution in [0.5, 0.6) is 5.75 Å². The zero-order chi connectivity index (χ0) is 20.0. The maximum atomic E-state index is 12.3. The van der Waals surface area contributed by atoms with E-state index in [4.69, 9.17) is 9.84 Å². The van der Waals surface area contributed by atoms with E-state index in [0.717, 1.165) is 5.56 Å². The Hall–Kier alpha value is -2.45. The van der Waals surface area contributed by atoms with Crippen LogP contribution < -0.4 is 10.1 Å². The van der Waals surface area contributed by atoms with Crippen molar-refractivity contribution in [1.82, 2.24) is 10.2 Å². The molecule has 0 aliphatic carbocycles. The smallest absolute Gasteiger partial charge is 0.422 e. The standard InChI is InChI=1S/C18H23F3N2O4/c1-12-7-14(16(24)25)10-23(9-12)17(26)22-6-5-13-3-2-4-15(8-13)27-11-18(19,20)21/h2-4,8,12,14H,5-7,9-11H2,1H3,(H,22,26)(H,24,25). The zero-order valence-corrected chi connectivity index (χ0v) is 15.0. The van der Waals surface area contributed by atoms with Crippen molar-refractivity contribution >= 4 is 12.0 Å². The number of carboxylic acid groups (broad SMARTS) is 1. The average Bonchev–Trinajstić information content (AvgIpc) is 2.59. The second kappa shape index (κ2) is 8.96. The molecule has 1 fully saturated rings. The number of piperidine rings is 1. The van der Waals surface area contributed by atoms with E-state index < -0.39 is 24.7 Å². The Morgan fingerprint density at radius 2 is 2.07 bits per heavy atom. The summed E-state index contributed by atoms with van der Waals surface area (Å²) in [5.41, 5.74) is 0.727. The summed E-state index contributed by atoms with van der Waals surface area (Å²) in [6.45, 7) is 1.50. The number of ether oxygens (including phenoxy) is 1. The number of benzene rings is 1. The predicted octanol–water partition coefficient (Wildman–Crippen LogP) is 2.92. The summed E-state index contributed by atoms with van der Waals surface area (Å²) in [7, 11) is 0. The van der Waals surface area contributed by atoms with Gasteiger partial charge in [-0.2, -0.15) is 13.2 Å². The van der Waals surface area contributed by atoms with Gasteiger partial charge < -0.3 is 20.1 Å². The number of hydrogen-bond donors (Lipinski definition) is 2. The van der Waals surface area contributed by atoms with Crippen molar-refractivity contribution in [3.63, 3.8) is 0 Å². The summed E-state index contributed by atoms with van der Waals surface area (Å²) in [6, 6.07) is 5.93. The van der Waals surface area contributed by atoms with E-state index in [1.165, 1.54) is 17.0 Å². The van der Waals surface area contributed by atoms with Crippen LogP contribution in [0.3, 0.4) is 0 Å². The van der Waals surface area contributed by atoms with Crippen LogP contribution in [0.15, 0.2) is 24.3 Å². The van der Waals surface area contributed by atoms with Gasteiger partial charge in [-0.25, -0.2) is 4.79 Å². The fraction of sp³-hybridized carbons (Fsp3) is 0.556. The zero-order valence-electron chi connectivity index (χ0n) is 15.0. The minimum Gasteiger partial charge on any atom is -0.484 e. The highest BCUT2D eigenvalue weighted by molar-refractivity contribution is 5.76. The Labute approximate surface area is 155 Å². The van der Waals surface area contributed by atoms with Crippen molar-refractivity contribution in [2.45, 2.75) is 25.9 Å². The first-order valence-corrected chi connectivity index (χ1v) is 8.68. The van der Waals surface area contributed by atoms with Gasteiger partial charge in [-0.05, 0) is 36.5 Å². The number of carbonyl (C=O) groups excluding carboxylic acids is 1. The molecule has 1 aliphatic heterocycles. The first kappa shape index (κ1) is 20.9. The van der Waals surface area contributed by atoms with Crippen LogP contribution in [-0.2, 0) is 11.2 Å². The monoisotopic (exact) mass is 388 g/mol. The molecule has 2 N–H and O–H groups in total. The highest BCUT2D eigenvalue weighted by Crippen LogP contribution is 2.22. The molecule has 1 aromatic carbocycles. The number of nitrogens with one attached hydrogen (secondary N) is 1. The summed E-state index contributed by atoms with van der Waals surface area (Å²) in [4.78, 5) is 24.9. The van der Waals surface area contributed by atoms with Crippen LogP contribution in [0.1, 0.15) is 18.9 Å². The Balaban J connectivity index is 1.81. The van der Waals surface area contributed by atoms with Crippen molar-refractivity contribution in [2.24, 2.45) is 11.8 Å². The van der Waals surface area contributed by atoms with Gasteiger partial charge >= 0.3 is 18.2 Å². The summed E-state index contributed by atoms with van der Waals surface area (Å²) in [5, 5.41) is 11.9. The van der Waals surface area contributed by atoms with E-state index in [0.29, 0.717) is 19.4 Å². The van der Waals surface area contributed by atoms with E-state index in [-0.39, 0.29) is 30.8 Å². The number of halogens is 3. The van der Waals surface area contributed by atoms with E-state index in [2.05, 4.69) is 5.32 Å². The molecule has 2 atom stereocenters. The molecule has 6 nitrogen and oxygen atoms in total. The third kappa shape index (κ3) is 6.99. The van der Waals surface area contributed by atoms with Gasteiger partial charge in [0.25, 0.3) is 0 Å². The molecule has 0 radical (unpaired) electrons. The van der Waals surface area contributed by atoms with Crippen molar-refractivity contribution in [3.8, 4) is 5.75 Å². The second-order valence-corrected chi connectivity index (χ2v) is 6.81. The minimum atomic E-state index is -4.40. The molecule has 2 amide bonds. The summed E-state index contributed by atoms with van der Waals surface area (Å²) >= 11 is 0. The Bertz CT molecular complexity index is 666. The molecule has 150 valence electrons. The number of carbonyl (C=O) groups is 2. The molecular weight excluding hydrogens is 365 g/mol. The van der Waals surface area contributed by atoms with E-state index in [1.807, 2.05) is 6.92 Å². The summed E-state index contributed by atoms with van der Waals surface area (Å²) < 4.78 is 41.3. The molecule has 1 saturated heterocycles. The van der Waals surface area contributed by atoms with Gasteiger partial charge in [0.05, 0.1) is 5.92 Å². The highest BCUT2D eigenvalue weighted by atomic mass is 19.4. The number of aliphatic carboxylic acids is 1. The molecular formula is C18H23F3N2O4. The third-order valence-electron chi connectivity index (χ3n) is 4.29. The molecule has 0 bridgehead atoms. The molecule has 0 spiro atoms. The molecule has 9 heteroatoms. The third-order valence-corrected chi connectivity index (χ3v) is 4.29. The Kier molecular flexibility index (Phi) is 6.92. The van der Waals surface area contributed by atoms with Gasteiger partial charge in [0.1, 0.15) is 5.75 Å². The van der Waals surface area contributed by atoms with E-state index in [1.54, 1.807) is 12.1 Å². The normalized spacial score (nSPS) is 20.2. The molecule has 2 unspecified atom stereocenters. The van der Waals surface area contributed by atoms with Gasteiger partial charge in [0, 0.05) is 19.6 Å². The van der Waals surface area contributed by atoms with Crippen LogP contribution in [0.4, 0.5) is 18.0 Å². The van der Waals surface area contributed by atoms with Crippen LogP contribution >= 0.6 is 0 Å². The van der Waals surface area contributed by atoms with Gasteiger partial charge in [-0.15, -0.1) is 0 Å². The fourth-order valence-corrected chi connectivity index (χ4v) is 3.08. The average molecular weight is 388 g/mol. The summed E-state index contributed by atoms with van der Waals surface area (Å²) in [6.07, 6.45) is -3.44. The molecule has 0 aromatic heterocycles. The van der Waals surface area contributed by atoms with Gasteiger partial charge in [-0.3, -0.25) is 4.79 Å². The number of nitrogens with zero attached hydrogens (tertiary/aromatic N) is 1. The molecule has 1 aliphatic rings. The lowest BCUT2D eigenvalue weighted by Crippen LogP contribution is -2.49. The highest BCUT2D eigenvalue weighted by Gasteiger charge is 2.31. The van der Waals surface area contributed by atoms with Crippen LogP contribution in [-0.4, -0.2) is 54.4 Å². The number of hydrogen-bond acceptors (Lipinski definition) is 3. The number of carboxylic acids is 1. The molecule has 0 saturated carbocycles. The van der Waals surface area contributed by atoms with Gasteiger partial charge in [0.15, 0.2) is 6.61 Å². The van der Waals surface area contributed by atoms with Crippen LogP contribution in [0.25, 0.3) is 0 Å². The number of likely N-dealkylation sites (tertiary alicyclic amines) is 1. The molecule has 1 heterocycles. The van der Waals surface area contributed by atoms with E-state index in [9.17, 15) is 22.8 Å². The maximum absolute atomic E-state index is 12.3. The quantitative estimate of drug-likeness (QED) is 0.786. The van der Waals surface area contributed by atoms with E-state index >= 15 is 0 Å². The Morgan fingerprint density at radius 1 is 1.33 bits per heavy atom. The lowest BCUT2D eigenvalue weighted by atomic mass is 9.91. The Morgan fingerprint density at radius 3 is 2.74 bits per heavy atom. The van der Waals surface area contributed by atoms with Gasteiger partial charge in [-0.1, -0.05) is 19.1 Å². The number of amides is 2. The van der Waals surface area contributed by atoms with Crippen molar-refractivity contribution in [2.75, 3.05) is 26.2 Å². The fourth-order valence-electron chi connectivity index (χ4n) is 3.08. The van der Waals surface area contributed by atoms with Gasteiger partial charge in [0.2, 0.25) is 0 Å². The first-order chi connectivity index (χ1) is 12.6. The van der Waals surface area contributed by atoms with Crippen molar-refractivity contribution in [1.29, 1.82) is 0 Å². The van der Waals surface area contributed by atoms with Crippen molar-refractivity contribution in [3.05, 3.63) is 29.8 Å². The first-order valence-electron chi connectivity index (χ1n) is 8.68. The van der Waals surface area contributed by atoms with Crippen LogP contribution in [0.2, 0.25) is 0 Å². The van der Waals surface area contributed by atoms with Crippen LogP contribution in [0, 0.1) is 11.8 Å². The van der Waals surface area contributed by atoms with Crippen molar-refractivity contribution < 1.29 is 32.6 Å². The number of alkyl halides is 3.